The van der Waals surface area contributed by atoms with E-state index in [1.165, 1.54) is 11.8 Å². The second-order valence-corrected chi connectivity index (χ2v) is 6.56. The van der Waals surface area contributed by atoms with E-state index in [4.69, 9.17) is 11.1 Å². The second-order valence-electron chi connectivity index (χ2n) is 5.54. The molecule has 0 aromatic carbocycles. The van der Waals surface area contributed by atoms with Gasteiger partial charge < -0.3 is 16.0 Å². The molecule has 0 amide bonds. The number of anilines is 1. The van der Waals surface area contributed by atoms with Crippen LogP contribution in [0.25, 0.3) is 5.57 Å². The summed E-state index contributed by atoms with van der Waals surface area (Å²) in [5.41, 5.74) is 8.82. The van der Waals surface area contributed by atoms with Crippen LogP contribution in [0.4, 0.5) is 5.82 Å². The molecule has 1 saturated heterocycles. The van der Waals surface area contributed by atoms with Crippen molar-refractivity contribution in [2.75, 3.05) is 25.0 Å². The summed E-state index contributed by atoms with van der Waals surface area (Å²) in [4.78, 5) is 12.0. The highest BCUT2D eigenvalue weighted by molar-refractivity contribution is 8.15. The van der Waals surface area contributed by atoms with Crippen molar-refractivity contribution in [3.63, 3.8) is 0 Å². The summed E-state index contributed by atoms with van der Waals surface area (Å²) in [6.45, 7) is 5.79. The van der Waals surface area contributed by atoms with Crippen LogP contribution in [-0.4, -0.2) is 47.2 Å². The molecule has 0 aliphatic carbocycles. The Morgan fingerprint density at radius 3 is 2.86 bits per heavy atom. The molecule has 1 unspecified atom stereocenters. The number of hydrogen-bond acceptors (Lipinski definition) is 7. The molecule has 0 spiro atoms. The number of thioether (sulfide) groups is 1. The lowest BCUT2D eigenvalue weighted by Gasteiger charge is -2.38. The van der Waals surface area contributed by atoms with Crippen molar-refractivity contribution >= 4 is 28.2 Å². The van der Waals surface area contributed by atoms with Crippen molar-refractivity contribution in [1.82, 2.24) is 15.3 Å². The third-order valence-electron chi connectivity index (χ3n) is 4.14. The highest BCUT2D eigenvalue weighted by Gasteiger charge is 2.34. The standard InChI is InChI=1S/C14H20N6S/c1-7(8(2)17-3)10-11-12(21-13(10)16)14(19-6-18-11)20-4-9(15)5-20/h6,8-9,16-17H,4-5,15H2,1-3H3/b10-7-,16-13?. The summed E-state index contributed by atoms with van der Waals surface area (Å²) in [5.74, 6) is 0.913. The molecule has 1 aromatic heterocycles. The molecule has 1 aromatic rings. The molecular weight excluding hydrogens is 284 g/mol. The largest absolute Gasteiger partial charge is 0.352 e. The molecule has 4 N–H and O–H groups in total. The lowest BCUT2D eigenvalue weighted by Crippen LogP contribution is -2.56. The average molecular weight is 304 g/mol. The fourth-order valence-electron chi connectivity index (χ4n) is 2.61. The van der Waals surface area contributed by atoms with Gasteiger partial charge in [0.15, 0.2) is 0 Å². The number of nitrogens with zero attached hydrogens (tertiary/aromatic N) is 3. The maximum atomic E-state index is 8.31. The smallest absolute Gasteiger partial charge is 0.146 e. The molecule has 2 aliphatic rings. The Labute approximate surface area is 128 Å². The van der Waals surface area contributed by atoms with Crippen molar-refractivity contribution in [2.24, 2.45) is 5.73 Å². The van der Waals surface area contributed by atoms with Gasteiger partial charge >= 0.3 is 0 Å². The summed E-state index contributed by atoms with van der Waals surface area (Å²) in [5, 5.41) is 12.1. The highest BCUT2D eigenvalue weighted by atomic mass is 32.2. The first-order chi connectivity index (χ1) is 10.0. The maximum Gasteiger partial charge on any atom is 0.146 e. The summed E-state index contributed by atoms with van der Waals surface area (Å²) >= 11 is 1.45. The van der Waals surface area contributed by atoms with Gasteiger partial charge in [0.25, 0.3) is 0 Å². The molecule has 0 saturated carbocycles. The molecule has 2 aliphatic heterocycles. The predicted octanol–water partition coefficient (Wildman–Crippen LogP) is 1.09. The van der Waals surface area contributed by atoms with E-state index in [1.807, 2.05) is 7.05 Å². The van der Waals surface area contributed by atoms with Crippen molar-refractivity contribution in [1.29, 1.82) is 5.41 Å². The average Bonchev–Trinajstić information content (AvgIpc) is 2.78. The molecule has 1 fully saturated rings. The number of rotatable bonds is 3. The van der Waals surface area contributed by atoms with Crippen LogP contribution in [0.3, 0.4) is 0 Å². The Kier molecular flexibility index (Phi) is 3.73. The van der Waals surface area contributed by atoms with Crippen LogP contribution < -0.4 is 16.0 Å². The van der Waals surface area contributed by atoms with E-state index >= 15 is 0 Å². The van der Waals surface area contributed by atoms with E-state index in [-0.39, 0.29) is 12.1 Å². The van der Waals surface area contributed by atoms with E-state index in [0.717, 1.165) is 40.6 Å². The topological polar surface area (TPSA) is 90.9 Å². The van der Waals surface area contributed by atoms with E-state index in [0.29, 0.717) is 5.04 Å². The van der Waals surface area contributed by atoms with Gasteiger partial charge in [0.05, 0.1) is 10.6 Å². The predicted molar refractivity (Wildman–Crippen MR) is 86.9 cm³/mol. The summed E-state index contributed by atoms with van der Waals surface area (Å²) in [6.07, 6.45) is 1.59. The molecule has 21 heavy (non-hydrogen) atoms. The van der Waals surface area contributed by atoms with Crippen LogP contribution in [0.15, 0.2) is 16.8 Å². The Balaban J connectivity index is 2.05. The minimum absolute atomic E-state index is 0.211. The van der Waals surface area contributed by atoms with Crippen LogP contribution in [0.5, 0.6) is 0 Å². The minimum Gasteiger partial charge on any atom is -0.352 e. The molecular formula is C14H20N6S. The van der Waals surface area contributed by atoms with Crippen LogP contribution >= 0.6 is 11.8 Å². The van der Waals surface area contributed by atoms with E-state index in [2.05, 4.69) is 34.0 Å². The van der Waals surface area contributed by atoms with Crippen LogP contribution in [-0.2, 0) is 0 Å². The first-order valence-corrected chi connectivity index (χ1v) is 7.85. The molecule has 0 bridgehead atoms. The SMILES string of the molecule is CNC(C)/C(C)=C1\C(=N)Sc2c1ncnc2N1CC(N)C1. The molecule has 1 atom stereocenters. The summed E-state index contributed by atoms with van der Waals surface area (Å²) in [6, 6.07) is 0.435. The fourth-order valence-corrected chi connectivity index (χ4v) is 3.70. The van der Waals surface area contributed by atoms with Crippen molar-refractivity contribution in [3.05, 3.63) is 17.6 Å². The Bertz CT molecular complexity index is 620. The van der Waals surface area contributed by atoms with Crippen LogP contribution in [0.1, 0.15) is 19.5 Å². The monoisotopic (exact) mass is 304 g/mol. The van der Waals surface area contributed by atoms with Crippen molar-refractivity contribution < 1.29 is 0 Å². The van der Waals surface area contributed by atoms with Gasteiger partial charge in [0.2, 0.25) is 0 Å². The third-order valence-corrected chi connectivity index (χ3v) is 5.13. The Morgan fingerprint density at radius 2 is 2.24 bits per heavy atom. The molecule has 0 radical (unpaired) electrons. The quantitative estimate of drug-likeness (QED) is 0.774. The number of likely N-dealkylation sites (N-methyl/N-ethyl adjacent to an activating group) is 1. The number of nitrogens with two attached hydrogens (primary N) is 1. The first-order valence-electron chi connectivity index (χ1n) is 7.03. The van der Waals surface area contributed by atoms with Gasteiger partial charge in [-0.2, -0.15) is 0 Å². The van der Waals surface area contributed by atoms with Crippen molar-refractivity contribution in [3.8, 4) is 0 Å². The second kappa shape index (κ2) is 5.40. The maximum absolute atomic E-state index is 8.31. The normalized spacial score (nSPS) is 22.1. The number of fused-ring (bicyclic) bond motifs is 1. The van der Waals surface area contributed by atoms with E-state index in [1.54, 1.807) is 6.33 Å². The van der Waals surface area contributed by atoms with Crippen LogP contribution in [0.2, 0.25) is 0 Å². The number of hydrogen-bond donors (Lipinski definition) is 3. The third kappa shape index (κ3) is 2.35. The lowest BCUT2D eigenvalue weighted by molar-refractivity contribution is 0.510. The zero-order chi connectivity index (χ0) is 15.1. The molecule has 7 heteroatoms. The zero-order valence-corrected chi connectivity index (χ0v) is 13.3. The van der Waals surface area contributed by atoms with Gasteiger partial charge in [-0.05, 0) is 26.5 Å². The van der Waals surface area contributed by atoms with Gasteiger partial charge in [-0.3, -0.25) is 5.41 Å². The lowest BCUT2D eigenvalue weighted by atomic mass is 10.0. The Hall–Kier alpha value is -1.44. The molecule has 3 heterocycles. The molecule has 112 valence electrons. The van der Waals surface area contributed by atoms with Gasteiger partial charge in [-0.15, -0.1) is 0 Å². The molecule has 3 rings (SSSR count). The molecule has 6 nitrogen and oxygen atoms in total. The highest BCUT2D eigenvalue weighted by Crippen LogP contribution is 2.45. The van der Waals surface area contributed by atoms with Crippen LogP contribution in [0, 0.1) is 5.41 Å². The summed E-state index contributed by atoms with van der Waals surface area (Å²) in [7, 11) is 1.92. The van der Waals surface area contributed by atoms with Gasteiger partial charge in [0, 0.05) is 30.7 Å². The number of nitrogens with one attached hydrogen (secondary N) is 2. The zero-order valence-electron chi connectivity index (χ0n) is 12.5. The van der Waals surface area contributed by atoms with E-state index in [9.17, 15) is 0 Å². The number of aromatic nitrogens is 2. The fraction of sp³-hybridized carbons (Fsp3) is 0.500. The minimum atomic E-state index is 0.211. The first kappa shape index (κ1) is 14.5. The summed E-state index contributed by atoms with van der Waals surface area (Å²) < 4.78 is 0. The Morgan fingerprint density at radius 1 is 1.52 bits per heavy atom. The van der Waals surface area contributed by atoms with Gasteiger partial charge in [-0.1, -0.05) is 11.8 Å². The van der Waals surface area contributed by atoms with Crippen molar-refractivity contribution in [2.45, 2.75) is 30.8 Å². The van der Waals surface area contributed by atoms with E-state index < -0.39 is 0 Å². The van der Waals surface area contributed by atoms with Gasteiger partial charge in [-0.25, -0.2) is 9.97 Å². The van der Waals surface area contributed by atoms with Gasteiger partial charge in [0.1, 0.15) is 17.2 Å².